The zero-order chi connectivity index (χ0) is 91.5. The predicted octanol–water partition coefficient (Wildman–Crippen LogP) is 20.4. The minimum atomic E-state index is -0.774. The fourth-order valence-electron chi connectivity index (χ4n) is 18.2. The third-order valence-electron chi connectivity index (χ3n) is 26.9. The van der Waals surface area contributed by atoms with Crippen LogP contribution in [0, 0.1) is 11.8 Å². The highest BCUT2D eigenvalue weighted by atomic mass is 16.7. The van der Waals surface area contributed by atoms with Gasteiger partial charge in [-0.05, 0) is 290 Å². The zero-order valence-electron chi connectivity index (χ0n) is 79.3. The van der Waals surface area contributed by atoms with E-state index in [1.807, 2.05) is 74.4 Å². The Hall–Kier alpha value is -9.39. The maximum Gasteiger partial charge on any atom is 0.410 e. The molecule has 7 N–H and O–H groups in total. The molecule has 0 bridgehead atoms. The van der Waals surface area contributed by atoms with Gasteiger partial charge in [0.15, 0.2) is 11.7 Å². The standard InChI is InChI=1S/C26H39N3O4.C26H37N3O3.C21H29N3O.C15H22N2O.C11H19NO4/c1-24(2,3)32-23(31)29-14-10-17(11-15-29)22(30)33-28-21(27)18-8-9-19-20(16-18)26(6,7)13-12-25(19,4)5;1-24(2,3)31-23(30)29-14-10-17(11-15-29)22-27-21(28-32-22)18-8-9-19-20(16-18)26(6,7)13-12-25(19,4)5;1-20(2)9-10-21(3,4)17-13-15(5-6-16(17)20)18-23-19(25-24-18)14-7-11-22-12-8-14;1-14(2)7-8-15(3,4)12-9-10(13(16)17-18)5-6-11(12)14;1-11(2,3)16-10(15)12-6-4-8(5-7-12)9(13)14/h8-9,16-17H,10-15H2,1-7H3,(H2,27,28);8-9,16-17H,10-15H2,1-7H3;5-6,13-14,22H,7-12H2,1-4H3;5-6,9,18H,7-8H2,1-4H3,(H2,16,17);8H,4-7H2,1-3H3,(H,13,14). The van der Waals surface area contributed by atoms with E-state index >= 15 is 0 Å². The van der Waals surface area contributed by atoms with Gasteiger partial charge in [-0.1, -0.05) is 180 Å². The molecule has 6 heterocycles. The molecule has 4 saturated heterocycles. The number of hydrogen-bond donors (Lipinski definition) is 5. The van der Waals surface area contributed by atoms with Crippen molar-refractivity contribution >= 4 is 41.9 Å². The summed E-state index contributed by atoms with van der Waals surface area (Å²) in [5.74, 6) is 1.96. The number of piperidine rings is 4. The highest BCUT2D eigenvalue weighted by molar-refractivity contribution is 5.98. The number of amides is 3. The molecule has 3 amide bonds. The van der Waals surface area contributed by atoms with Crippen LogP contribution < -0.4 is 16.8 Å². The Morgan fingerprint density at radius 1 is 0.411 bits per heavy atom. The van der Waals surface area contributed by atoms with Gasteiger partial charge < -0.3 is 69.9 Å². The van der Waals surface area contributed by atoms with Crippen molar-refractivity contribution in [2.24, 2.45) is 33.6 Å². The van der Waals surface area contributed by atoms with Gasteiger partial charge in [0.1, 0.15) is 16.8 Å². The molecule has 14 rings (SSSR count). The quantitative estimate of drug-likeness (QED) is 0.0224. The monoisotopic (exact) mass is 1710 g/mol. The minimum Gasteiger partial charge on any atom is -0.481 e. The second kappa shape index (κ2) is 37.7. The van der Waals surface area contributed by atoms with Crippen molar-refractivity contribution in [2.45, 2.75) is 348 Å². The van der Waals surface area contributed by atoms with Crippen molar-refractivity contribution in [1.29, 1.82) is 0 Å². The van der Waals surface area contributed by atoms with Crippen LogP contribution in [-0.2, 0) is 72.0 Å². The van der Waals surface area contributed by atoms with E-state index in [4.69, 9.17) is 59.8 Å². The number of nitrogens with zero attached hydrogens (tertiary/aromatic N) is 9. The molecule has 680 valence electrons. The average molecular weight is 1710 g/mol. The number of aromatic nitrogens is 4. The summed E-state index contributed by atoms with van der Waals surface area (Å²) in [5, 5.41) is 36.6. The summed E-state index contributed by atoms with van der Waals surface area (Å²) >= 11 is 0. The van der Waals surface area contributed by atoms with Crippen LogP contribution in [0.25, 0.3) is 22.8 Å². The lowest BCUT2D eigenvalue weighted by molar-refractivity contribution is -0.150. The Bertz CT molecular complexity index is 4820. The third kappa shape index (κ3) is 24.2. The van der Waals surface area contributed by atoms with Gasteiger partial charge in [-0.2, -0.15) is 9.97 Å². The molecule has 4 fully saturated rings. The van der Waals surface area contributed by atoms with E-state index in [1.165, 1.54) is 76.6 Å². The maximum atomic E-state index is 12.5. The SMILES string of the molecule is CC(C)(C)OC(=O)N1CCC(C(=O)O)CC1.CC(C)(C)OC(=O)N1CCC(C(=O)O/N=C(\N)c2ccc3c(c2)C(C)(C)CCC3(C)C)CC1.CC(C)(C)OC(=O)N1CCC(c2nc(-c3ccc4c(c3)C(C)(C)CCC4(C)C)no2)CC1.CC1(C)CCC(C)(C)c2cc(-c3noc(C4CCNCC4)n3)ccc21.CC1(C)CCC(C)(C)c2cc(/C(N)=N\O)ccc21. The van der Waals surface area contributed by atoms with Crippen LogP contribution in [0.2, 0.25) is 0 Å². The fourth-order valence-corrected chi connectivity index (χ4v) is 18.2. The lowest BCUT2D eigenvalue weighted by Crippen LogP contribution is -2.43. The number of amidine groups is 2. The van der Waals surface area contributed by atoms with E-state index in [9.17, 15) is 24.0 Å². The molecule has 4 aromatic carbocycles. The molecule has 6 aromatic rings. The van der Waals surface area contributed by atoms with Gasteiger partial charge in [-0.3, -0.25) is 4.79 Å². The molecular weight excluding hydrogens is 1570 g/mol. The summed E-state index contributed by atoms with van der Waals surface area (Å²) < 4.78 is 27.4. The molecule has 4 aliphatic carbocycles. The smallest absolute Gasteiger partial charge is 0.410 e. The Kier molecular flexibility index (Phi) is 29.4. The number of oxime groups is 2. The van der Waals surface area contributed by atoms with Crippen LogP contribution in [0.5, 0.6) is 0 Å². The van der Waals surface area contributed by atoms with Gasteiger partial charge in [0.25, 0.3) is 0 Å². The largest absolute Gasteiger partial charge is 0.481 e. The van der Waals surface area contributed by atoms with Gasteiger partial charge in [0.2, 0.25) is 23.4 Å². The van der Waals surface area contributed by atoms with E-state index < -0.39 is 28.7 Å². The van der Waals surface area contributed by atoms with Crippen LogP contribution in [-0.4, -0.2) is 156 Å². The van der Waals surface area contributed by atoms with Crippen molar-refractivity contribution in [3.8, 4) is 22.8 Å². The normalized spacial score (nSPS) is 20.9. The van der Waals surface area contributed by atoms with Crippen LogP contribution in [0.1, 0.15) is 355 Å². The first kappa shape index (κ1) is 96.8. The second-order valence-electron chi connectivity index (χ2n) is 44.0. The lowest BCUT2D eigenvalue weighted by atomic mass is 9.63. The van der Waals surface area contributed by atoms with Crippen LogP contribution in [0.4, 0.5) is 14.4 Å². The zero-order valence-corrected chi connectivity index (χ0v) is 79.3. The van der Waals surface area contributed by atoms with Crippen molar-refractivity contribution in [2.75, 3.05) is 52.4 Å². The number of likely N-dealkylation sites (tertiary alicyclic amines) is 3. The van der Waals surface area contributed by atoms with Crippen LogP contribution in [0.3, 0.4) is 0 Å². The topological polar surface area (TPSA) is 339 Å². The molecule has 8 aliphatic rings. The summed E-state index contributed by atoms with van der Waals surface area (Å²) in [6.07, 6.45) is 14.2. The number of hydrogen-bond acceptors (Lipinski definition) is 19. The number of carboxylic acids is 1. The van der Waals surface area contributed by atoms with Crippen LogP contribution in [0.15, 0.2) is 92.2 Å². The first-order chi connectivity index (χ1) is 57.5. The lowest BCUT2D eigenvalue weighted by Gasteiger charge is -2.42. The first-order valence-electron chi connectivity index (χ1n) is 45.2. The maximum absolute atomic E-state index is 12.5. The highest BCUT2D eigenvalue weighted by Crippen LogP contribution is 2.51. The number of carbonyl (C=O) groups is 5. The molecule has 25 nitrogen and oxygen atoms in total. The number of nitrogens with one attached hydrogen (secondary N) is 1. The van der Waals surface area contributed by atoms with E-state index in [1.54, 1.807) is 14.7 Å². The molecular formula is C99H146N12O13. The van der Waals surface area contributed by atoms with Gasteiger partial charge in [0.05, 0.1) is 11.8 Å². The molecule has 124 heavy (non-hydrogen) atoms. The molecule has 0 atom stereocenters. The minimum absolute atomic E-state index is 0.0555. The number of aliphatic carboxylic acids is 1. The number of ether oxygens (including phenoxy) is 3. The van der Waals surface area contributed by atoms with E-state index in [2.05, 4.69) is 197 Å². The number of carbonyl (C=O) groups excluding carboxylic acids is 4. The Balaban J connectivity index is 0.000000166. The molecule has 0 spiro atoms. The predicted molar refractivity (Wildman–Crippen MR) is 486 cm³/mol. The number of nitrogens with two attached hydrogens (primary N) is 2. The Morgan fingerprint density at radius 3 is 1.02 bits per heavy atom. The van der Waals surface area contributed by atoms with Gasteiger partial charge in [0, 0.05) is 73.4 Å². The number of fused-ring (bicyclic) bond motifs is 4. The summed E-state index contributed by atoms with van der Waals surface area (Å²) in [6.45, 7) is 58.6. The second-order valence-corrected chi connectivity index (χ2v) is 44.0. The van der Waals surface area contributed by atoms with Crippen molar-refractivity contribution in [3.05, 3.63) is 140 Å². The Labute approximate surface area is 737 Å². The molecule has 4 aliphatic heterocycles. The number of carboxylic acid groups (broad SMARTS) is 1. The van der Waals surface area contributed by atoms with Crippen molar-refractivity contribution < 1.29 is 62.4 Å². The summed E-state index contributed by atoms with van der Waals surface area (Å²) in [7, 11) is 0. The number of rotatable bonds is 9. The molecule has 0 unspecified atom stereocenters. The fraction of sp³-hybridized carbons (Fsp3) is 0.646. The molecule has 0 radical (unpaired) electrons. The van der Waals surface area contributed by atoms with E-state index in [0.717, 1.165) is 92.0 Å². The molecule has 0 saturated carbocycles. The van der Waals surface area contributed by atoms with Crippen LogP contribution >= 0.6 is 0 Å². The highest BCUT2D eigenvalue weighted by Gasteiger charge is 2.43. The molecule has 2 aromatic heterocycles. The van der Waals surface area contributed by atoms with Gasteiger partial charge >= 0.3 is 30.2 Å². The van der Waals surface area contributed by atoms with E-state index in [0.29, 0.717) is 82.6 Å². The van der Waals surface area contributed by atoms with Crippen molar-refractivity contribution in [3.63, 3.8) is 0 Å². The summed E-state index contributed by atoms with van der Waals surface area (Å²) in [6, 6.07) is 25.7. The average Bonchev–Trinajstić information content (AvgIpc) is 0.784. The summed E-state index contributed by atoms with van der Waals surface area (Å²) in [5.41, 5.74) is 26.3. The summed E-state index contributed by atoms with van der Waals surface area (Å²) in [4.78, 5) is 79.1. The third-order valence-corrected chi connectivity index (χ3v) is 26.9. The van der Waals surface area contributed by atoms with Crippen molar-refractivity contribution in [1.82, 2.24) is 40.3 Å². The number of benzene rings is 4. The van der Waals surface area contributed by atoms with Gasteiger partial charge in [-0.15, -0.1) is 0 Å². The Morgan fingerprint density at radius 2 is 0.702 bits per heavy atom. The first-order valence-corrected chi connectivity index (χ1v) is 45.2. The van der Waals surface area contributed by atoms with E-state index in [-0.39, 0.29) is 91.0 Å². The molecule has 25 heteroatoms. The van der Waals surface area contributed by atoms with Gasteiger partial charge in [-0.25, -0.2) is 19.2 Å².